The van der Waals surface area contributed by atoms with Crippen LogP contribution in [-0.2, 0) is 4.74 Å². The Morgan fingerprint density at radius 3 is 2.06 bits per heavy atom. The Morgan fingerprint density at radius 1 is 1.25 bits per heavy atom. The molecule has 0 fully saturated rings. The molecule has 96 valence electrons. The molecule has 0 aliphatic rings. The van der Waals surface area contributed by atoms with Crippen molar-refractivity contribution in [3.63, 3.8) is 0 Å². The minimum absolute atomic E-state index is 0.0539. The number of rotatable bonds is 3. The standard InChI is InChI=1S/C12H25NO2S/c1-11(2,3)7-9(8-16)13-10(14)15-12(4,5)6/h9,16H,7-8H2,1-6H3,(H,13,14)/t9-/m0/s1. The number of alkyl carbamates (subject to hydrolysis) is 1. The number of amides is 1. The van der Waals surface area contributed by atoms with Crippen LogP contribution in [0.25, 0.3) is 0 Å². The molecule has 1 atom stereocenters. The van der Waals surface area contributed by atoms with Gasteiger partial charge in [0.25, 0.3) is 0 Å². The molecule has 0 aromatic carbocycles. The number of thiol groups is 1. The van der Waals surface area contributed by atoms with Crippen LogP contribution in [0.4, 0.5) is 4.79 Å². The Morgan fingerprint density at radius 2 is 1.75 bits per heavy atom. The molecule has 0 saturated heterocycles. The van der Waals surface area contributed by atoms with E-state index in [9.17, 15) is 4.79 Å². The van der Waals surface area contributed by atoms with Gasteiger partial charge in [-0.2, -0.15) is 12.6 Å². The predicted octanol–water partition coefficient (Wildman–Crippen LogP) is 3.25. The third-order valence-corrected chi connectivity index (χ3v) is 2.24. The predicted molar refractivity (Wildman–Crippen MR) is 71.1 cm³/mol. The maximum Gasteiger partial charge on any atom is 0.407 e. The van der Waals surface area contributed by atoms with Crippen molar-refractivity contribution in [2.24, 2.45) is 5.41 Å². The number of carbonyl (C=O) groups is 1. The molecular weight excluding hydrogens is 222 g/mol. The van der Waals surface area contributed by atoms with Gasteiger partial charge >= 0.3 is 6.09 Å². The fourth-order valence-corrected chi connectivity index (χ4v) is 1.60. The highest BCUT2D eigenvalue weighted by Crippen LogP contribution is 2.21. The summed E-state index contributed by atoms with van der Waals surface area (Å²) in [6.45, 7) is 12.0. The largest absolute Gasteiger partial charge is 0.444 e. The summed E-state index contributed by atoms with van der Waals surface area (Å²) >= 11 is 4.24. The lowest BCUT2D eigenvalue weighted by Crippen LogP contribution is -2.41. The maximum absolute atomic E-state index is 11.5. The Labute approximate surface area is 105 Å². The fourth-order valence-electron chi connectivity index (χ4n) is 1.37. The maximum atomic E-state index is 11.5. The smallest absolute Gasteiger partial charge is 0.407 e. The van der Waals surface area contributed by atoms with Crippen LogP contribution in [0.3, 0.4) is 0 Å². The SMILES string of the molecule is CC(C)(C)C[C@@H](CS)NC(=O)OC(C)(C)C. The van der Waals surface area contributed by atoms with Gasteiger partial charge in [0.15, 0.2) is 0 Å². The minimum Gasteiger partial charge on any atom is -0.444 e. The zero-order valence-electron chi connectivity index (χ0n) is 11.3. The summed E-state index contributed by atoms with van der Waals surface area (Å²) in [4.78, 5) is 11.5. The van der Waals surface area contributed by atoms with Crippen molar-refractivity contribution in [2.75, 3.05) is 5.75 Å². The van der Waals surface area contributed by atoms with Crippen LogP contribution in [0.15, 0.2) is 0 Å². The summed E-state index contributed by atoms with van der Waals surface area (Å²) < 4.78 is 5.20. The zero-order valence-corrected chi connectivity index (χ0v) is 12.1. The average molecular weight is 247 g/mol. The van der Waals surface area contributed by atoms with Crippen molar-refractivity contribution < 1.29 is 9.53 Å². The molecule has 0 spiro atoms. The van der Waals surface area contributed by atoms with Crippen molar-refractivity contribution >= 4 is 18.7 Å². The van der Waals surface area contributed by atoms with E-state index in [1.807, 2.05) is 20.8 Å². The van der Waals surface area contributed by atoms with Gasteiger partial charge in [0.05, 0.1) is 0 Å². The van der Waals surface area contributed by atoms with Crippen molar-refractivity contribution in [2.45, 2.75) is 59.6 Å². The van der Waals surface area contributed by atoms with E-state index >= 15 is 0 Å². The Balaban J connectivity index is 4.18. The van der Waals surface area contributed by atoms with Crippen LogP contribution in [0.5, 0.6) is 0 Å². The Hall–Kier alpha value is -0.380. The highest BCUT2D eigenvalue weighted by molar-refractivity contribution is 7.80. The highest BCUT2D eigenvalue weighted by Gasteiger charge is 2.22. The third-order valence-electron chi connectivity index (χ3n) is 1.80. The second-order valence-corrected chi connectivity index (χ2v) is 6.66. The van der Waals surface area contributed by atoms with Crippen molar-refractivity contribution in [1.29, 1.82) is 0 Å². The minimum atomic E-state index is -0.451. The summed E-state index contributed by atoms with van der Waals surface area (Å²) in [6.07, 6.45) is 0.520. The van der Waals surface area contributed by atoms with E-state index in [1.54, 1.807) is 0 Å². The lowest BCUT2D eigenvalue weighted by molar-refractivity contribution is 0.0499. The van der Waals surface area contributed by atoms with Gasteiger partial charge in [-0.25, -0.2) is 4.79 Å². The molecule has 0 aromatic heterocycles. The lowest BCUT2D eigenvalue weighted by atomic mass is 9.89. The van der Waals surface area contributed by atoms with Crippen molar-refractivity contribution in [1.82, 2.24) is 5.32 Å². The van der Waals surface area contributed by atoms with E-state index in [1.165, 1.54) is 0 Å². The number of hydrogen-bond acceptors (Lipinski definition) is 3. The zero-order chi connectivity index (χ0) is 13.0. The highest BCUT2D eigenvalue weighted by atomic mass is 32.1. The van der Waals surface area contributed by atoms with Gasteiger partial charge in [-0.05, 0) is 32.6 Å². The van der Waals surface area contributed by atoms with Crippen LogP contribution < -0.4 is 5.32 Å². The van der Waals surface area contributed by atoms with Crippen molar-refractivity contribution in [3.05, 3.63) is 0 Å². The van der Waals surface area contributed by atoms with Crippen LogP contribution >= 0.6 is 12.6 Å². The number of hydrogen-bond donors (Lipinski definition) is 2. The van der Waals surface area contributed by atoms with E-state index in [4.69, 9.17) is 4.74 Å². The summed E-state index contributed by atoms with van der Waals surface area (Å²) in [7, 11) is 0. The van der Waals surface area contributed by atoms with Gasteiger partial charge in [-0.1, -0.05) is 20.8 Å². The third kappa shape index (κ3) is 8.89. The summed E-state index contributed by atoms with van der Waals surface area (Å²) in [5.41, 5.74) is -0.282. The quantitative estimate of drug-likeness (QED) is 0.751. The first-order valence-electron chi connectivity index (χ1n) is 5.64. The first-order valence-corrected chi connectivity index (χ1v) is 6.27. The number of ether oxygens (including phenoxy) is 1. The van der Waals surface area contributed by atoms with E-state index in [0.29, 0.717) is 5.75 Å². The molecule has 0 saturated carbocycles. The second-order valence-electron chi connectivity index (χ2n) is 6.29. The monoisotopic (exact) mass is 247 g/mol. The molecule has 0 heterocycles. The van der Waals surface area contributed by atoms with E-state index in [0.717, 1.165) is 6.42 Å². The van der Waals surface area contributed by atoms with Gasteiger partial charge in [-0.3, -0.25) is 0 Å². The van der Waals surface area contributed by atoms with Crippen LogP contribution in [0.1, 0.15) is 48.0 Å². The molecule has 16 heavy (non-hydrogen) atoms. The van der Waals surface area contributed by atoms with Gasteiger partial charge in [0, 0.05) is 11.8 Å². The molecule has 0 rings (SSSR count). The molecule has 0 aliphatic carbocycles. The normalized spacial score (nSPS) is 14.4. The van der Waals surface area contributed by atoms with Crippen molar-refractivity contribution in [3.8, 4) is 0 Å². The molecule has 0 unspecified atom stereocenters. The van der Waals surface area contributed by atoms with Crippen LogP contribution in [-0.4, -0.2) is 23.5 Å². The molecule has 0 aliphatic heterocycles. The van der Waals surface area contributed by atoms with Crippen LogP contribution in [0.2, 0.25) is 0 Å². The van der Waals surface area contributed by atoms with Crippen LogP contribution in [0, 0.1) is 5.41 Å². The molecule has 4 heteroatoms. The first-order chi connectivity index (χ1) is 7.03. The van der Waals surface area contributed by atoms with Gasteiger partial charge in [0.2, 0.25) is 0 Å². The molecule has 1 amide bonds. The second kappa shape index (κ2) is 5.80. The van der Waals surface area contributed by atoms with E-state index < -0.39 is 5.60 Å². The Kier molecular flexibility index (Phi) is 5.66. The summed E-state index contributed by atoms with van der Waals surface area (Å²) in [5, 5.41) is 2.84. The molecule has 0 aromatic rings. The van der Waals surface area contributed by atoms with Gasteiger partial charge in [0.1, 0.15) is 5.60 Å². The number of carbonyl (C=O) groups excluding carboxylic acids is 1. The van der Waals surface area contributed by atoms with Gasteiger partial charge < -0.3 is 10.1 Å². The topological polar surface area (TPSA) is 38.3 Å². The van der Waals surface area contributed by atoms with E-state index in [-0.39, 0.29) is 17.6 Å². The first kappa shape index (κ1) is 15.6. The molecule has 3 nitrogen and oxygen atoms in total. The molecule has 0 radical (unpaired) electrons. The summed E-state index contributed by atoms with van der Waals surface area (Å²) in [5.74, 6) is 0.622. The fraction of sp³-hybridized carbons (Fsp3) is 0.917. The molecule has 0 bridgehead atoms. The van der Waals surface area contributed by atoms with E-state index in [2.05, 4.69) is 38.7 Å². The van der Waals surface area contributed by atoms with Gasteiger partial charge in [-0.15, -0.1) is 0 Å². The number of nitrogens with one attached hydrogen (secondary N) is 1. The Bertz CT molecular complexity index is 228. The average Bonchev–Trinajstić information content (AvgIpc) is 1.96. The lowest BCUT2D eigenvalue weighted by Gasteiger charge is -2.27. The molecule has 1 N–H and O–H groups in total. The summed E-state index contributed by atoms with van der Waals surface area (Å²) in [6, 6.07) is 0.0539. The molecular formula is C12H25NO2S.